The normalized spacial score (nSPS) is 10.4. The molecule has 2 aromatic rings. The summed E-state index contributed by atoms with van der Waals surface area (Å²) >= 11 is 1.42. The molecule has 1 heterocycles. The summed E-state index contributed by atoms with van der Waals surface area (Å²) in [6.45, 7) is 4.41. The number of aromatic nitrogens is 1. The van der Waals surface area contributed by atoms with Crippen LogP contribution in [0.15, 0.2) is 23.6 Å². The number of aliphatic carboxylic acids is 1. The van der Waals surface area contributed by atoms with Gasteiger partial charge in [-0.05, 0) is 25.5 Å². The Morgan fingerprint density at radius 1 is 1.42 bits per heavy atom. The Balaban J connectivity index is 1.98. The summed E-state index contributed by atoms with van der Waals surface area (Å²) in [6, 6.07) is 6.00. The smallest absolute Gasteiger partial charge is 0.309 e. The second-order valence-electron chi connectivity index (χ2n) is 4.36. The van der Waals surface area contributed by atoms with Crippen LogP contribution in [0.4, 0.5) is 0 Å². The SMILES string of the molecule is Cc1ccc(OCc2nc(CC(=O)O)cs2)c(C)c1. The zero-order valence-electron chi connectivity index (χ0n) is 10.8. The molecule has 0 saturated heterocycles. The van der Waals surface area contributed by atoms with Gasteiger partial charge in [-0.15, -0.1) is 11.3 Å². The number of benzene rings is 1. The molecule has 1 aromatic heterocycles. The van der Waals surface area contributed by atoms with Gasteiger partial charge in [-0.2, -0.15) is 0 Å². The highest BCUT2D eigenvalue weighted by Gasteiger charge is 2.07. The van der Waals surface area contributed by atoms with Gasteiger partial charge in [0.2, 0.25) is 0 Å². The van der Waals surface area contributed by atoms with Crippen molar-refractivity contribution in [1.29, 1.82) is 0 Å². The fraction of sp³-hybridized carbons (Fsp3) is 0.286. The van der Waals surface area contributed by atoms with Gasteiger partial charge in [0.1, 0.15) is 17.4 Å². The van der Waals surface area contributed by atoms with Crippen LogP contribution in [0.3, 0.4) is 0 Å². The molecular formula is C14H15NO3S. The number of thiazole rings is 1. The minimum absolute atomic E-state index is 0.0416. The topological polar surface area (TPSA) is 59.4 Å². The number of hydrogen-bond acceptors (Lipinski definition) is 4. The molecule has 0 aliphatic carbocycles. The molecule has 5 heteroatoms. The highest BCUT2D eigenvalue weighted by molar-refractivity contribution is 7.09. The van der Waals surface area contributed by atoms with Crippen molar-refractivity contribution in [2.75, 3.05) is 0 Å². The third kappa shape index (κ3) is 3.79. The Morgan fingerprint density at radius 2 is 2.21 bits per heavy atom. The molecule has 0 radical (unpaired) electrons. The van der Waals surface area contributed by atoms with E-state index in [1.807, 2.05) is 26.0 Å². The Labute approximate surface area is 115 Å². The molecular weight excluding hydrogens is 262 g/mol. The molecule has 0 atom stereocenters. The van der Waals surface area contributed by atoms with Gasteiger partial charge in [0.05, 0.1) is 12.1 Å². The maximum atomic E-state index is 10.6. The molecule has 4 nitrogen and oxygen atoms in total. The van der Waals surface area contributed by atoms with Crippen molar-refractivity contribution in [3.05, 3.63) is 45.4 Å². The second kappa shape index (κ2) is 5.84. The number of ether oxygens (including phenoxy) is 1. The van der Waals surface area contributed by atoms with Gasteiger partial charge >= 0.3 is 5.97 Å². The van der Waals surface area contributed by atoms with E-state index in [9.17, 15) is 4.79 Å². The predicted molar refractivity (Wildman–Crippen MR) is 73.7 cm³/mol. The summed E-state index contributed by atoms with van der Waals surface area (Å²) < 4.78 is 5.70. The molecule has 0 unspecified atom stereocenters. The zero-order chi connectivity index (χ0) is 13.8. The molecule has 1 aromatic carbocycles. The summed E-state index contributed by atoms with van der Waals surface area (Å²) in [5.41, 5.74) is 2.86. The first kappa shape index (κ1) is 13.5. The second-order valence-corrected chi connectivity index (χ2v) is 5.30. The monoisotopic (exact) mass is 277 g/mol. The number of rotatable bonds is 5. The van der Waals surface area contributed by atoms with Gasteiger partial charge in [-0.1, -0.05) is 17.7 Å². The molecule has 0 fully saturated rings. The van der Waals surface area contributed by atoms with E-state index in [4.69, 9.17) is 9.84 Å². The van der Waals surface area contributed by atoms with Crippen LogP contribution in [-0.2, 0) is 17.8 Å². The average molecular weight is 277 g/mol. The van der Waals surface area contributed by atoms with E-state index in [-0.39, 0.29) is 6.42 Å². The van der Waals surface area contributed by atoms with Gasteiger partial charge in [-0.3, -0.25) is 4.79 Å². The molecule has 0 amide bonds. The molecule has 0 spiro atoms. The average Bonchev–Trinajstić information content (AvgIpc) is 2.74. The number of nitrogens with zero attached hydrogens (tertiary/aromatic N) is 1. The minimum atomic E-state index is -0.868. The molecule has 0 aliphatic rings. The zero-order valence-corrected chi connectivity index (χ0v) is 11.7. The van der Waals surface area contributed by atoms with Crippen LogP contribution < -0.4 is 4.74 Å². The van der Waals surface area contributed by atoms with Gasteiger partial charge < -0.3 is 9.84 Å². The molecule has 0 saturated carbocycles. The fourth-order valence-electron chi connectivity index (χ4n) is 1.75. The Hall–Kier alpha value is -1.88. The number of carboxylic acid groups (broad SMARTS) is 1. The van der Waals surface area contributed by atoms with Crippen LogP contribution in [0.25, 0.3) is 0 Å². The maximum absolute atomic E-state index is 10.6. The van der Waals surface area contributed by atoms with Gasteiger partial charge in [0, 0.05) is 5.38 Å². The number of carboxylic acids is 1. The Kier molecular flexibility index (Phi) is 4.16. The molecule has 0 bridgehead atoms. The van der Waals surface area contributed by atoms with Crippen molar-refractivity contribution >= 4 is 17.3 Å². The third-order valence-corrected chi connectivity index (χ3v) is 3.48. The van der Waals surface area contributed by atoms with Gasteiger partial charge in [0.25, 0.3) is 0 Å². The molecule has 2 rings (SSSR count). The number of hydrogen-bond donors (Lipinski definition) is 1. The van der Waals surface area contributed by atoms with Crippen LogP contribution in [-0.4, -0.2) is 16.1 Å². The Morgan fingerprint density at radius 3 is 2.89 bits per heavy atom. The van der Waals surface area contributed by atoms with Crippen LogP contribution in [0.5, 0.6) is 5.75 Å². The third-order valence-electron chi connectivity index (χ3n) is 2.61. The van der Waals surface area contributed by atoms with Crippen LogP contribution in [0, 0.1) is 13.8 Å². The lowest BCUT2D eigenvalue weighted by Gasteiger charge is -2.08. The van der Waals surface area contributed by atoms with Crippen molar-refractivity contribution in [1.82, 2.24) is 4.98 Å². The van der Waals surface area contributed by atoms with Crippen LogP contribution in [0.1, 0.15) is 21.8 Å². The Bertz CT molecular complexity index is 592. The first-order valence-electron chi connectivity index (χ1n) is 5.89. The lowest BCUT2D eigenvalue weighted by Crippen LogP contribution is -2.01. The van der Waals surface area contributed by atoms with E-state index in [1.165, 1.54) is 16.9 Å². The number of aryl methyl sites for hydroxylation is 2. The standard InChI is InChI=1S/C14H15NO3S/c1-9-3-4-12(10(2)5-9)18-7-13-15-11(8-19-13)6-14(16)17/h3-5,8H,6-7H2,1-2H3,(H,16,17). The summed E-state index contributed by atoms with van der Waals surface area (Å²) in [5, 5.41) is 11.2. The van der Waals surface area contributed by atoms with E-state index < -0.39 is 5.97 Å². The van der Waals surface area contributed by atoms with Crippen molar-refractivity contribution in [3.63, 3.8) is 0 Å². The largest absolute Gasteiger partial charge is 0.486 e. The summed E-state index contributed by atoms with van der Waals surface area (Å²) in [5.74, 6) is -0.0345. The van der Waals surface area contributed by atoms with Crippen LogP contribution >= 0.6 is 11.3 Å². The van der Waals surface area contributed by atoms with Gasteiger partial charge in [0.15, 0.2) is 0 Å². The first-order chi connectivity index (χ1) is 9.04. The molecule has 19 heavy (non-hydrogen) atoms. The highest BCUT2D eigenvalue weighted by atomic mass is 32.1. The van der Waals surface area contributed by atoms with Crippen molar-refractivity contribution in [2.45, 2.75) is 26.9 Å². The molecule has 0 aliphatic heterocycles. The number of carbonyl (C=O) groups is 1. The van der Waals surface area contributed by atoms with Crippen molar-refractivity contribution in [2.24, 2.45) is 0 Å². The van der Waals surface area contributed by atoms with E-state index in [1.54, 1.807) is 5.38 Å². The van der Waals surface area contributed by atoms with Crippen molar-refractivity contribution in [3.8, 4) is 5.75 Å². The van der Waals surface area contributed by atoms with E-state index in [0.717, 1.165) is 16.3 Å². The predicted octanol–water partition coefficient (Wildman–Crippen LogP) is 2.97. The van der Waals surface area contributed by atoms with E-state index >= 15 is 0 Å². The highest BCUT2D eigenvalue weighted by Crippen LogP contribution is 2.21. The summed E-state index contributed by atoms with van der Waals surface area (Å²) in [7, 11) is 0. The lowest BCUT2D eigenvalue weighted by atomic mass is 10.1. The molecule has 1 N–H and O–H groups in total. The molecule has 100 valence electrons. The van der Waals surface area contributed by atoms with E-state index in [0.29, 0.717) is 12.3 Å². The fourth-order valence-corrected chi connectivity index (χ4v) is 2.46. The minimum Gasteiger partial charge on any atom is -0.486 e. The van der Waals surface area contributed by atoms with Crippen LogP contribution in [0.2, 0.25) is 0 Å². The summed E-state index contributed by atoms with van der Waals surface area (Å²) in [4.78, 5) is 14.8. The van der Waals surface area contributed by atoms with Gasteiger partial charge in [-0.25, -0.2) is 4.98 Å². The van der Waals surface area contributed by atoms with Crippen molar-refractivity contribution < 1.29 is 14.6 Å². The van der Waals surface area contributed by atoms with E-state index in [2.05, 4.69) is 11.1 Å². The quantitative estimate of drug-likeness (QED) is 0.912. The summed E-state index contributed by atoms with van der Waals surface area (Å²) in [6.07, 6.45) is -0.0416. The maximum Gasteiger partial charge on any atom is 0.309 e. The first-order valence-corrected chi connectivity index (χ1v) is 6.77. The lowest BCUT2D eigenvalue weighted by molar-refractivity contribution is -0.136.